The predicted molar refractivity (Wildman–Crippen MR) is 208 cm³/mol. The highest BCUT2D eigenvalue weighted by molar-refractivity contribution is 6.26. The minimum absolute atomic E-state index is 0.304. The molecule has 1 nitrogen and oxygen atoms in total. The molecule has 0 saturated heterocycles. The van der Waals surface area contributed by atoms with Crippen molar-refractivity contribution in [3.05, 3.63) is 175 Å². The summed E-state index contributed by atoms with van der Waals surface area (Å²) in [5, 5.41) is 11.8. The van der Waals surface area contributed by atoms with E-state index in [-0.39, 0.29) is 5.82 Å². The largest absolute Gasteiger partial charge is 0.416 e. The number of anilines is 3. The third-order valence-electron chi connectivity index (χ3n) is 10.4. The Labute approximate surface area is 295 Å². The van der Waals surface area contributed by atoms with Crippen LogP contribution in [0.5, 0.6) is 0 Å². The van der Waals surface area contributed by atoms with Crippen LogP contribution in [0.15, 0.2) is 164 Å². The van der Waals surface area contributed by atoms with Gasteiger partial charge in [0.15, 0.2) is 0 Å². The topological polar surface area (TPSA) is 3.24 Å². The Bertz CT molecular complexity index is 2900. The molecule has 0 aliphatic rings. The molecule has 0 heterocycles. The molecule has 0 bridgehead atoms. The Morgan fingerprint density at radius 1 is 0.423 bits per heavy atom. The van der Waals surface area contributed by atoms with Crippen molar-refractivity contribution in [1.82, 2.24) is 0 Å². The molecule has 0 N–H and O–H groups in total. The van der Waals surface area contributed by atoms with Gasteiger partial charge in [-0.25, -0.2) is 4.39 Å². The monoisotopic (exact) mass is 681 g/mol. The van der Waals surface area contributed by atoms with Gasteiger partial charge in [0.2, 0.25) is 0 Å². The van der Waals surface area contributed by atoms with E-state index in [0.717, 1.165) is 72.5 Å². The highest BCUT2D eigenvalue weighted by Gasteiger charge is 2.30. The predicted octanol–water partition coefficient (Wildman–Crippen LogP) is 14.3. The van der Waals surface area contributed by atoms with Crippen molar-refractivity contribution in [2.75, 3.05) is 4.90 Å². The Hall–Kier alpha value is -6.46. The van der Waals surface area contributed by atoms with E-state index in [4.69, 9.17) is 0 Å². The zero-order valence-corrected chi connectivity index (χ0v) is 27.5. The van der Waals surface area contributed by atoms with Gasteiger partial charge in [-0.15, -0.1) is 0 Å². The van der Waals surface area contributed by atoms with E-state index < -0.39 is 11.7 Å². The van der Waals surface area contributed by atoms with Crippen molar-refractivity contribution in [1.29, 1.82) is 0 Å². The highest BCUT2D eigenvalue weighted by atomic mass is 19.4. The van der Waals surface area contributed by atoms with Crippen molar-refractivity contribution in [3.8, 4) is 11.1 Å². The summed E-state index contributed by atoms with van der Waals surface area (Å²) in [5.74, 6) is -0.304. The first kappa shape index (κ1) is 30.4. The van der Waals surface area contributed by atoms with Crippen LogP contribution in [0.1, 0.15) is 5.56 Å². The van der Waals surface area contributed by atoms with Gasteiger partial charge < -0.3 is 4.90 Å². The minimum atomic E-state index is -4.44. The van der Waals surface area contributed by atoms with Crippen molar-refractivity contribution < 1.29 is 17.6 Å². The van der Waals surface area contributed by atoms with Crippen molar-refractivity contribution in [2.45, 2.75) is 6.18 Å². The fourth-order valence-corrected chi connectivity index (χ4v) is 8.18. The van der Waals surface area contributed by atoms with Crippen LogP contribution in [0, 0.1) is 5.82 Å². The molecule has 10 aromatic rings. The standard InChI is InChI=1S/C47H27F4N/c48-41-24-25-42(36-11-2-1-10-35(36)41)52(34-26-31-18-16-28-8-7-9-29-17-19-32(27-34)44(31)43(28)29)46-39-14-5-3-12-37(39)45(38-13-4-6-15-40(38)46)30-20-22-33(23-21-30)47(49,50)51/h1-27H. The second kappa shape index (κ2) is 11.3. The summed E-state index contributed by atoms with van der Waals surface area (Å²) < 4.78 is 56.3. The van der Waals surface area contributed by atoms with Crippen LogP contribution < -0.4 is 4.90 Å². The maximum atomic E-state index is 15.5. The second-order valence-electron chi connectivity index (χ2n) is 13.3. The van der Waals surface area contributed by atoms with Crippen LogP contribution >= 0.6 is 0 Å². The quantitative estimate of drug-likeness (QED) is 0.102. The van der Waals surface area contributed by atoms with Gasteiger partial charge in [-0.3, -0.25) is 0 Å². The normalized spacial score (nSPS) is 12.2. The number of hydrogen-bond donors (Lipinski definition) is 0. The number of rotatable bonds is 4. The average Bonchev–Trinajstić information content (AvgIpc) is 3.17. The molecule has 0 aromatic heterocycles. The molecule has 0 fully saturated rings. The molecule has 5 heteroatoms. The Morgan fingerprint density at radius 3 is 1.50 bits per heavy atom. The summed E-state index contributed by atoms with van der Waals surface area (Å²) in [4.78, 5) is 2.23. The lowest BCUT2D eigenvalue weighted by Gasteiger charge is -2.31. The molecule has 0 amide bonds. The maximum absolute atomic E-state index is 15.5. The third kappa shape index (κ3) is 4.55. The number of alkyl halides is 3. The SMILES string of the molecule is Fc1ccc(N(c2cc3ccc4cccc5ccc(c2)c3c45)c2c3ccccc3c(-c3ccc(C(F)(F)F)cc3)c3ccccc23)c2ccccc12. The van der Waals surface area contributed by atoms with Crippen LogP contribution in [0.2, 0.25) is 0 Å². The van der Waals surface area contributed by atoms with Gasteiger partial charge in [0.1, 0.15) is 5.82 Å². The van der Waals surface area contributed by atoms with E-state index in [9.17, 15) is 13.2 Å². The number of nitrogens with zero attached hydrogens (tertiary/aromatic N) is 1. The molecule has 0 radical (unpaired) electrons. The molecular weight excluding hydrogens is 655 g/mol. The lowest BCUT2D eigenvalue weighted by Crippen LogP contribution is -2.12. The van der Waals surface area contributed by atoms with E-state index in [1.807, 2.05) is 60.7 Å². The zero-order valence-electron chi connectivity index (χ0n) is 27.5. The molecule has 248 valence electrons. The van der Waals surface area contributed by atoms with Crippen LogP contribution in [0.4, 0.5) is 34.6 Å². The first-order valence-electron chi connectivity index (χ1n) is 17.1. The zero-order chi connectivity index (χ0) is 35.1. The molecule has 0 saturated carbocycles. The lowest BCUT2D eigenvalue weighted by molar-refractivity contribution is -0.137. The minimum Gasteiger partial charge on any atom is -0.309 e. The Balaban J connectivity index is 1.34. The fourth-order valence-electron chi connectivity index (χ4n) is 8.18. The molecule has 0 unspecified atom stereocenters. The van der Waals surface area contributed by atoms with Gasteiger partial charge in [0.05, 0.1) is 16.9 Å². The van der Waals surface area contributed by atoms with Gasteiger partial charge in [0, 0.05) is 27.2 Å². The van der Waals surface area contributed by atoms with Crippen LogP contribution in [0.3, 0.4) is 0 Å². The van der Waals surface area contributed by atoms with Crippen LogP contribution in [0.25, 0.3) is 75.8 Å². The summed E-state index contributed by atoms with van der Waals surface area (Å²) in [6, 6.07) is 51.8. The fraction of sp³-hybridized carbons (Fsp3) is 0.0213. The molecular formula is C47H27F4N. The molecule has 0 spiro atoms. The summed E-state index contributed by atoms with van der Waals surface area (Å²) in [7, 11) is 0. The molecule has 0 aliphatic heterocycles. The first-order valence-corrected chi connectivity index (χ1v) is 17.1. The lowest BCUT2D eigenvalue weighted by atomic mass is 9.89. The molecule has 10 rings (SSSR count). The van der Waals surface area contributed by atoms with E-state index in [1.54, 1.807) is 18.2 Å². The molecule has 10 aromatic carbocycles. The summed E-state index contributed by atoms with van der Waals surface area (Å²) in [6.45, 7) is 0. The Morgan fingerprint density at radius 2 is 0.923 bits per heavy atom. The van der Waals surface area contributed by atoms with E-state index >= 15 is 4.39 Å². The average molecular weight is 682 g/mol. The molecule has 0 atom stereocenters. The maximum Gasteiger partial charge on any atom is 0.416 e. The van der Waals surface area contributed by atoms with E-state index in [2.05, 4.69) is 71.6 Å². The van der Waals surface area contributed by atoms with Gasteiger partial charge in [-0.05, 0) is 90.6 Å². The Kier molecular flexibility index (Phi) is 6.58. The smallest absolute Gasteiger partial charge is 0.309 e. The third-order valence-corrected chi connectivity index (χ3v) is 10.4. The number of halogens is 4. The van der Waals surface area contributed by atoms with Gasteiger partial charge in [-0.2, -0.15) is 13.2 Å². The van der Waals surface area contributed by atoms with Crippen molar-refractivity contribution >= 4 is 81.7 Å². The van der Waals surface area contributed by atoms with Crippen LogP contribution in [-0.4, -0.2) is 0 Å². The summed E-state index contributed by atoms with van der Waals surface area (Å²) in [6.07, 6.45) is -4.44. The highest BCUT2D eigenvalue weighted by Crippen LogP contribution is 2.51. The van der Waals surface area contributed by atoms with Gasteiger partial charge in [0.25, 0.3) is 0 Å². The number of hydrogen-bond acceptors (Lipinski definition) is 1. The molecule has 0 aliphatic carbocycles. The van der Waals surface area contributed by atoms with Gasteiger partial charge >= 0.3 is 6.18 Å². The van der Waals surface area contributed by atoms with Crippen LogP contribution in [-0.2, 0) is 6.18 Å². The van der Waals surface area contributed by atoms with Crippen molar-refractivity contribution in [3.63, 3.8) is 0 Å². The van der Waals surface area contributed by atoms with Crippen molar-refractivity contribution in [2.24, 2.45) is 0 Å². The molecule has 52 heavy (non-hydrogen) atoms. The summed E-state index contributed by atoms with van der Waals surface area (Å²) in [5.41, 5.74) is 3.45. The number of benzene rings is 10. The van der Waals surface area contributed by atoms with E-state index in [0.29, 0.717) is 10.9 Å². The second-order valence-corrected chi connectivity index (χ2v) is 13.3. The summed E-state index contributed by atoms with van der Waals surface area (Å²) >= 11 is 0. The van der Waals surface area contributed by atoms with E-state index in [1.165, 1.54) is 27.6 Å². The first-order chi connectivity index (χ1) is 25.3. The van der Waals surface area contributed by atoms with Gasteiger partial charge in [-0.1, -0.05) is 127 Å². The number of fused-ring (bicyclic) bond motifs is 3.